The molecule has 0 aromatic heterocycles. The van der Waals surface area contributed by atoms with Gasteiger partial charge >= 0.3 is 12.1 Å². The van der Waals surface area contributed by atoms with Gasteiger partial charge in [-0.05, 0) is 24.6 Å². The highest BCUT2D eigenvalue weighted by Gasteiger charge is 2.35. The van der Waals surface area contributed by atoms with Crippen LogP contribution in [-0.2, 0) is 22.3 Å². The first-order valence-electron chi connectivity index (χ1n) is 6.61. The van der Waals surface area contributed by atoms with E-state index in [9.17, 15) is 22.8 Å². The highest BCUT2D eigenvalue weighted by Crippen LogP contribution is 2.36. The molecular weight excluding hydrogens is 355 g/mol. The maximum Gasteiger partial charge on any atom is 0.416 e. The van der Waals surface area contributed by atoms with Crippen LogP contribution in [0.1, 0.15) is 28.4 Å². The lowest BCUT2D eigenvalue weighted by atomic mass is 10.0. The molecule has 0 aliphatic carbocycles. The van der Waals surface area contributed by atoms with Crippen LogP contribution in [0.2, 0.25) is 5.02 Å². The van der Waals surface area contributed by atoms with Crippen LogP contribution >= 0.6 is 24.2 Å². The molecule has 0 saturated carbocycles. The third-order valence-electron chi connectivity index (χ3n) is 2.84. The number of esters is 1. The number of benzene rings is 1. The van der Waals surface area contributed by atoms with E-state index in [0.717, 1.165) is 12.1 Å². The zero-order valence-electron chi connectivity index (χ0n) is 12.2. The largest absolute Gasteiger partial charge is 0.462 e. The minimum Gasteiger partial charge on any atom is -0.462 e. The highest BCUT2D eigenvalue weighted by molar-refractivity contribution is 7.81. The van der Waals surface area contributed by atoms with Crippen molar-refractivity contribution in [2.75, 3.05) is 18.9 Å². The third kappa shape index (κ3) is 5.40. The van der Waals surface area contributed by atoms with Crippen molar-refractivity contribution in [1.29, 1.82) is 0 Å². The molecule has 128 valence electrons. The quantitative estimate of drug-likeness (QED) is 0.573. The molecule has 0 atom stereocenters. The van der Waals surface area contributed by atoms with Crippen LogP contribution in [0.25, 0.3) is 0 Å². The van der Waals surface area contributed by atoms with Crippen molar-refractivity contribution in [2.24, 2.45) is 0 Å². The van der Waals surface area contributed by atoms with E-state index in [1.165, 1.54) is 0 Å². The van der Waals surface area contributed by atoms with Crippen LogP contribution in [0.4, 0.5) is 13.2 Å². The first-order chi connectivity index (χ1) is 10.7. The number of ketones is 1. The Bertz CT molecular complexity index is 593. The number of nitrogens with one attached hydrogen (secondary N) is 1. The molecular formula is C14H15ClF3NO3S. The second-order valence-electron chi connectivity index (χ2n) is 4.47. The minimum atomic E-state index is -4.64. The topological polar surface area (TPSA) is 55.4 Å². The van der Waals surface area contributed by atoms with Crippen LogP contribution in [0.15, 0.2) is 12.1 Å². The highest BCUT2D eigenvalue weighted by atomic mass is 35.5. The lowest BCUT2D eigenvalue weighted by molar-refractivity contribution is -0.138. The van der Waals surface area contributed by atoms with E-state index < -0.39 is 17.7 Å². The molecule has 0 unspecified atom stereocenters. The summed E-state index contributed by atoms with van der Waals surface area (Å²) < 4.78 is 44.0. The Labute approximate surface area is 141 Å². The first kappa shape index (κ1) is 19.8. The number of carbonyl (C=O) groups is 2. The average molecular weight is 370 g/mol. The van der Waals surface area contributed by atoms with Crippen LogP contribution in [-0.4, -0.2) is 30.7 Å². The van der Waals surface area contributed by atoms with Crippen LogP contribution < -0.4 is 5.32 Å². The molecule has 0 radical (unpaired) electrons. The van der Waals surface area contributed by atoms with E-state index >= 15 is 0 Å². The fourth-order valence-corrected chi connectivity index (χ4v) is 2.23. The Balaban J connectivity index is 3.17. The average Bonchev–Trinajstić information content (AvgIpc) is 2.47. The first-order valence-corrected chi connectivity index (χ1v) is 7.62. The van der Waals surface area contributed by atoms with Gasteiger partial charge in [-0.1, -0.05) is 11.6 Å². The molecule has 1 aromatic rings. The van der Waals surface area contributed by atoms with Gasteiger partial charge in [0.1, 0.15) is 0 Å². The van der Waals surface area contributed by atoms with Crippen molar-refractivity contribution in [3.8, 4) is 0 Å². The van der Waals surface area contributed by atoms with E-state index in [1.807, 2.05) is 0 Å². The predicted octanol–water partition coefficient (Wildman–Crippen LogP) is 3.12. The second kappa shape index (κ2) is 8.56. The van der Waals surface area contributed by atoms with E-state index in [2.05, 4.69) is 17.9 Å². The molecule has 4 nitrogen and oxygen atoms in total. The summed E-state index contributed by atoms with van der Waals surface area (Å²) >= 11 is 9.73. The number of rotatable bonds is 7. The molecule has 23 heavy (non-hydrogen) atoms. The number of Topliss-reactive ketones (excluding diaryl/α,β-unsaturated/α-hetero) is 1. The number of hydrogen-bond donors (Lipinski definition) is 2. The number of carbonyl (C=O) groups excluding carboxylic acids is 2. The third-order valence-corrected chi connectivity index (χ3v) is 3.63. The molecule has 0 heterocycles. The maximum atomic E-state index is 13.1. The van der Waals surface area contributed by atoms with Gasteiger partial charge in [-0.25, -0.2) is 4.79 Å². The van der Waals surface area contributed by atoms with E-state index in [-0.39, 0.29) is 47.4 Å². The van der Waals surface area contributed by atoms with Crippen LogP contribution in [0, 0.1) is 0 Å². The maximum absolute atomic E-state index is 13.1. The van der Waals surface area contributed by atoms with Crippen molar-refractivity contribution in [1.82, 2.24) is 5.32 Å². The zero-order valence-corrected chi connectivity index (χ0v) is 13.8. The molecule has 9 heteroatoms. The van der Waals surface area contributed by atoms with Gasteiger partial charge in [0, 0.05) is 6.54 Å². The van der Waals surface area contributed by atoms with Crippen LogP contribution in [0.3, 0.4) is 0 Å². The molecule has 0 fully saturated rings. The Morgan fingerprint density at radius 3 is 2.52 bits per heavy atom. The van der Waals surface area contributed by atoms with Gasteiger partial charge in [0.15, 0.2) is 5.78 Å². The summed E-state index contributed by atoms with van der Waals surface area (Å²) in [6.07, 6.45) is -4.64. The van der Waals surface area contributed by atoms with Crippen molar-refractivity contribution >= 4 is 36.0 Å². The van der Waals surface area contributed by atoms with Crippen LogP contribution in [0.5, 0.6) is 0 Å². The van der Waals surface area contributed by atoms with E-state index in [0.29, 0.717) is 0 Å². The smallest absolute Gasteiger partial charge is 0.416 e. The molecule has 0 saturated heterocycles. The summed E-state index contributed by atoms with van der Waals surface area (Å²) in [6.45, 7) is 1.17. The van der Waals surface area contributed by atoms with Gasteiger partial charge in [-0.3, -0.25) is 4.79 Å². The number of thiol groups is 1. The number of hydrogen-bond acceptors (Lipinski definition) is 5. The van der Waals surface area contributed by atoms with Gasteiger partial charge in [0.2, 0.25) is 0 Å². The molecule has 0 spiro atoms. The summed E-state index contributed by atoms with van der Waals surface area (Å²) in [5.74, 6) is -1.12. The number of ether oxygens (including phenoxy) is 1. The van der Waals surface area contributed by atoms with E-state index in [1.54, 1.807) is 6.92 Å². The summed E-state index contributed by atoms with van der Waals surface area (Å²) in [6, 6.07) is 1.75. The van der Waals surface area contributed by atoms with Gasteiger partial charge in [-0.2, -0.15) is 25.8 Å². The molecule has 0 aliphatic heterocycles. The Hall–Kier alpha value is -1.25. The zero-order chi connectivity index (χ0) is 17.6. The van der Waals surface area contributed by atoms with E-state index in [4.69, 9.17) is 16.3 Å². The van der Waals surface area contributed by atoms with Crippen molar-refractivity contribution in [3.05, 3.63) is 33.8 Å². The summed E-state index contributed by atoms with van der Waals surface area (Å²) in [4.78, 5) is 22.9. The fraction of sp³-hybridized carbons (Fsp3) is 0.429. The molecule has 1 aromatic carbocycles. The Morgan fingerprint density at radius 2 is 2.00 bits per heavy atom. The summed E-state index contributed by atoms with van der Waals surface area (Å²) in [5.41, 5.74) is -1.43. The number of alkyl halides is 3. The van der Waals surface area contributed by atoms with Gasteiger partial charge < -0.3 is 10.1 Å². The van der Waals surface area contributed by atoms with Gasteiger partial charge in [-0.15, -0.1) is 0 Å². The standard InChI is InChI=1S/C14H15ClF3NO3S/c1-2-22-13(21)9-3-4-11(14(16,17)18)10(12(9)15)6-19-5-8(20)7-23/h3-4,19,23H,2,5-7H2,1H3. The second-order valence-corrected chi connectivity index (χ2v) is 5.17. The minimum absolute atomic E-state index is 0.0320. The molecule has 0 amide bonds. The molecule has 1 rings (SSSR count). The molecule has 0 bridgehead atoms. The summed E-state index contributed by atoms with van der Waals surface area (Å²) in [5, 5.41) is 2.23. The summed E-state index contributed by atoms with van der Waals surface area (Å²) in [7, 11) is 0. The van der Waals surface area contributed by atoms with Gasteiger partial charge in [0.25, 0.3) is 0 Å². The van der Waals surface area contributed by atoms with Crippen molar-refractivity contribution in [2.45, 2.75) is 19.6 Å². The Morgan fingerprint density at radius 1 is 1.35 bits per heavy atom. The normalized spacial score (nSPS) is 11.4. The number of halogens is 4. The Kier molecular flexibility index (Phi) is 7.37. The SMILES string of the molecule is CCOC(=O)c1ccc(C(F)(F)F)c(CNCC(=O)CS)c1Cl. The monoisotopic (exact) mass is 369 g/mol. The fourth-order valence-electron chi connectivity index (χ4n) is 1.81. The van der Waals surface area contributed by atoms with Crippen molar-refractivity contribution in [3.63, 3.8) is 0 Å². The lowest BCUT2D eigenvalue weighted by Gasteiger charge is -2.17. The van der Waals surface area contributed by atoms with Gasteiger partial charge in [0.05, 0.1) is 35.1 Å². The molecule has 1 N–H and O–H groups in total. The van der Waals surface area contributed by atoms with Crippen molar-refractivity contribution < 1.29 is 27.5 Å². The lowest BCUT2D eigenvalue weighted by Crippen LogP contribution is -2.25. The molecule has 0 aliphatic rings. The predicted molar refractivity (Wildman–Crippen MR) is 83.0 cm³/mol.